The first kappa shape index (κ1) is 20.4. The molecule has 0 spiro atoms. The van der Waals surface area contributed by atoms with Crippen molar-refractivity contribution >= 4 is 23.2 Å². The van der Waals surface area contributed by atoms with Crippen molar-refractivity contribution in [3.8, 4) is 17.2 Å². The molecule has 1 aliphatic rings. The van der Waals surface area contributed by atoms with Crippen LogP contribution in [0, 0.1) is 0 Å². The van der Waals surface area contributed by atoms with Crippen molar-refractivity contribution in [1.82, 2.24) is 0 Å². The molecule has 1 heterocycles. The van der Waals surface area contributed by atoms with E-state index in [1.165, 1.54) is 27.4 Å². The molecule has 0 fully saturated rings. The minimum atomic E-state index is -0.791. The third-order valence-corrected chi connectivity index (χ3v) is 4.97. The first-order valence-electron chi connectivity index (χ1n) is 9.16. The Kier molecular flexibility index (Phi) is 5.59. The van der Waals surface area contributed by atoms with Gasteiger partial charge in [-0.15, -0.1) is 0 Å². The van der Waals surface area contributed by atoms with Crippen LogP contribution >= 0.6 is 0 Å². The van der Waals surface area contributed by atoms with Crippen LogP contribution in [0.5, 0.6) is 17.2 Å². The summed E-state index contributed by atoms with van der Waals surface area (Å²) in [4.78, 5) is 39.2. The monoisotopic (exact) mass is 397 g/mol. The van der Waals surface area contributed by atoms with Crippen molar-refractivity contribution in [3.63, 3.8) is 0 Å². The maximum Gasteiger partial charge on any atom is 0.300 e. The average Bonchev–Trinajstić information content (AvgIpc) is 2.96. The van der Waals surface area contributed by atoms with Gasteiger partial charge >= 0.3 is 0 Å². The second-order valence-corrected chi connectivity index (χ2v) is 6.96. The lowest BCUT2D eigenvalue weighted by Gasteiger charge is -2.19. The molecule has 0 saturated carbocycles. The highest BCUT2D eigenvalue weighted by Gasteiger charge is 2.42. The van der Waals surface area contributed by atoms with E-state index >= 15 is 0 Å². The summed E-state index contributed by atoms with van der Waals surface area (Å²) in [5, 5.41) is 0. The molecule has 0 atom stereocenters. The summed E-state index contributed by atoms with van der Waals surface area (Å²) in [5.74, 6) is -0.851. The van der Waals surface area contributed by atoms with Gasteiger partial charge in [0.05, 0.1) is 39.1 Å². The zero-order valence-electron chi connectivity index (χ0n) is 17.1. The fourth-order valence-electron chi connectivity index (χ4n) is 3.36. The highest BCUT2D eigenvalue weighted by Crippen LogP contribution is 2.48. The number of nitrogens with zero attached hydrogens (tertiary/aromatic N) is 1. The summed E-state index contributed by atoms with van der Waals surface area (Å²) in [5.41, 5.74) is 1.91. The molecular weight excluding hydrogens is 374 g/mol. The lowest BCUT2D eigenvalue weighted by Crippen LogP contribution is -2.34. The number of hydrogen-bond acceptors (Lipinski definition) is 6. The van der Waals surface area contributed by atoms with Crippen LogP contribution in [0.1, 0.15) is 46.0 Å². The average molecular weight is 397 g/mol. The Labute approximate surface area is 169 Å². The van der Waals surface area contributed by atoms with Gasteiger partial charge in [0.1, 0.15) is 0 Å². The second-order valence-electron chi connectivity index (χ2n) is 6.96. The van der Waals surface area contributed by atoms with Crippen molar-refractivity contribution < 1.29 is 28.6 Å². The number of anilines is 1. The summed E-state index contributed by atoms with van der Waals surface area (Å²) in [6.45, 7) is 3.87. The van der Waals surface area contributed by atoms with Gasteiger partial charge in [-0.25, -0.2) is 0 Å². The van der Waals surface area contributed by atoms with Gasteiger partial charge in [-0.05, 0) is 11.5 Å². The molecule has 0 aliphatic carbocycles. The highest BCUT2D eigenvalue weighted by atomic mass is 16.5. The van der Waals surface area contributed by atoms with Gasteiger partial charge in [0.15, 0.2) is 17.3 Å². The molecule has 1 amide bonds. The van der Waals surface area contributed by atoms with E-state index in [0.29, 0.717) is 17.2 Å². The molecule has 0 unspecified atom stereocenters. The van der Waals surface area contributed by atoms with Crippen molar-refractivity contribution in [2.75, 3.05) is 32.8 Å². The molecule has 152 valence electrons. The fourth-order valence-corrected chi connectivity index (χ4v) is 3.36. The van der Waals surface area contributed by atoms with E-state index in [0.717, 1.165) is 10.5 Å². The van der Waals surface area contributed by atoms with E-state index in [9.17, 15) is 14.4 Å². The lowest BCUT2D eigenvalue weighted by molar-refractivity contribution is -0.114. The molecule has 0 aromatic heterocycles. The quantitative estimate of drug-likeness (QED) is 0.527. The Morgan fingerprint density at radius 1 is 0.966 bits per heavy atom. The number of rotatable bonds is 7. The number of fused-ring (bicyclic) bond motifs is 1. The molecule has 2 aromatic rings. The van der Waals surface area contributed by atoms with Gasteiger partial charge in [-0.3, -0.25) is 19.3 Å². The summed E-state index contributed by atoms with van der Waals surface area (Å²) >= 11 is 0. The molecule has 0 bridgehead atoms. The van der Waals surface area contributed by atoms with E-state index in [1.54, 1.807) is 12.1 Å². The van der Waals surface area contributed by atoms with Gasteiger partial charge in [0.2, 0.25) is 5.75 Å². The van der Waals surface area contributed by atoms with Gasteiger partial charge in [0.25, 0.3) is 11.7 Å². The largest absolute Gasteiger partial charge is 0.493 e. The van der Waals surface area contributed by atoms with Gasteiger partial charge < -0.3 is 14.2 Å². The van der Waals surface area contributed by atoms with E-state index < -0.39 is 11.7 Å². The molecular formula is C22H23NO6. The van der Waals surface area contributed by atoms with E-state index in [4.69, 9.17) is 14.2 Å². The van der Waals surface area contributed by atoms with Crippen molar-refractivity contribution in [1.29, 1.82) is 0 Å². The Hall–Kier alpha value is -3.35. The molecule has 3 rings (SSSR count). The van der Waals surface area contributed by atoms with Crippen LogP contribution in [0.3, 0.4) is 0 Å². The Morgan fingerprint density at radius 2 is 1.59 bits per heavy atom. The number of carbonyl (C=O) groups is 3. The van der Waals surface area contributed by atoms with Crippen LogP contribution in [-0.4, -0.2) is 45.3 Å². The van der Waals surface area contributed by atoms with Crippen LogP contribution in [-0.2, 0) is 4.79 Å². The molecule has 0 saturated heterocycles. The second kappa shape index (κ2) is 7.95. The first-order valence-corrected chi connectivity index (χ1v) is 9.16. The standard InChI is InChI=1S/C22H23NO6/c1-12(2)13-6-8-14(9-7-13)16(24)11-23-15-10-17(27-3)20(28-4)21(29-5)18(15)19(25)22(23)26/h6-10,12H,11H2,1-5H3. The van der Waals surface area contributed by atoms with Crippen molar-refractivity contribution in [3.05, 3.63) is 47.0 Å². The van der Waals surface area contributed by atoms with Crippen LogP contribution in [0.2, 0.25) is 0 Å². The SMILES string of the molecule is COc1cc2c(c(OC)c1OC)C(=O)C(=O)N2CC(=O)c1ccc(C(C)C)cc1. The highest BCUT2D eigenvalue weighted by molar-refractivity contribution is 6.53. The van der Waals surface area contributed by atoms with Gasteiger partial charge in [0, 0.05) is 11.6 Å². The molecule has 1 aliphatic heterocycles. The maximum atomic E-state index is 12.8. The zero-order chi connectivity index (χ0) is 21.3. The number of methoxy groups -OCH3 is 3. The molecule has 2 aromatic carbocycles. The molecule has 7 nitrogen and oxygen atoms in total. The van der Waals surface area contributed by atoms with E-state index in [1.807, 2.05) is 12.1 Å². The summed E-state index contributed by atoms with van der Waals surface area (Å²) in [6, 6.07) is 8.75. The van der Waals surface area contributed by atoms with Gasteiger partial charge in [-0.2, -0.15) is 0 Å². The number of amides is 1. The minimum absolute atomic E-state index is 0.0677. The zero-order valence-corrected chi connectivity index (χ0v) is 17.1. The third-order valence-electron chi connectivity index (χ3n) is 4.97. The van der Waals surface area contributed by atoms with Crippen LogP contribution < -0.4 is 19.1 Å². The van der Waals surface area contributed by atoms with E-state index in [2.05, 4.69) is 13.8 Å². The predicted octanol–water partition coefficient (Wildman–Crippen LogP) is 3.25. The van der Waals surface area contributed by atoms with Crippen molar-refractivity contribution in [2.24, 2.45) is 0 Å². The Bertz CT molecular complexity index is 978. The summed E-state index contributed by atoms with van der Waals surface area (Å²) in [7, 11) is 4.23. The molecule has 7 heteroatoms. The fraction of sp³-hybridized carbons (Fsp3) is 0.318. The van der Waals surface area contributed by atoms with Crippen LogP contribution in [0.25, 0.3) is 0 Å². The number of ether oxygens (including phenoxy) is 3. The van der Waals surface area contributed by atoms with Crippen LogP contribution in [0.4, 0.5) is 5.69 Å². The van der Waals surface area contributed by atoms with Crippen molar-refractivity contribution in [2.45, 2.75) is 19.8 Å². The number of ketones is 2. The van der Waals surface area contributed by atoms with Gasteiger partial charge in [-0.1, -0.05) is 38.1 Å². The number of benzene rings is 2. The van der Waals surface area contributed by atoms with E-state index in [-0.39, 0.29) is 35.1 Å². The molecule has 29 heavy (non-hydrogen) atoms. The number of hydrogen-bond donors (Lipinski definition) is 0. The molecule has 0 radical (unpaired) electrons. The molecule has 0 N–H and O–H groups in total. The first-order chi connectivity index (χ1) is 13.8. The third kappa shape index (κ3) is 3.44. The van der Waals surface area contributed by atoms with Crippen LogP contribution in [0.15, 0.2) is 30.3 Å². The summed E-state index contributed by atoms with van der Waals surface area (Å²) in [6.07, 6.45) is 0. The summed E-state index contributed by atoms with van der Waals surface area (Å²) < 4.78 is 15.9. The Balaban J connectivity index is 1.99. The lowest BCUT2D eigenvalue weighted by atomic mass is 10.0. The number of carbonyl (C=O) groups excluding carboxylic acids is 3. The number of Topliss-reactive ketones (excluding diaryl/α,β-unsaturated/α-hetero) is 2. The predicted molar refractivity (Wildman–Crippen MR) is 108 cm³/mol. The maximum absolute atomic E-state index is 12.8. The smallest absolute Gasteiger partial charge is 0.300 e. The minimum Gasteiger partial charge on any atom is -0.493 e. The Morgan fingerprint density at radius 3 is 2.10 bits per heavy atom. The topological polar surface area (TPSA) is 82.1 Å². The normalized spacial score (nSPS) is 13.0.